The normalized spacial score (nSPS) is 15.4. The Kier molecular flexibility index (Phi) is 3.74. The number of halogens is 1. The number of oxime groups is 1. The first-order valence-corrected chi connectivity index (χ1v) is 7.35. The molecule has 1 saturated carbocycles. The first kappa shape index (κ1) is 13.8. The van der Waals surface area contributed by atoms with Crippen LogP contribution in [0.2, 0.25) is 0 Å². The van der Waals surface area contributed by atoms with Crippen LogP contribution >= 0.6 is 11.8 Å². The van der Waals surface area contributed by atoms with E-state index >= 15 is 0 Å². The Bertz CT molecular complexity index is 684. The Morgan fingerprint density at radius 3 is 3.05 bits per heavy atom. The molecule has 0 saturated heterocycles. The molecule has 0 unspecified atom stereocenters. The van der Waals surface area contributed by atoms with Crippen LogP contribution < -0.4 is 5.73 Å². The molecule has 1 fully saturated rings. The number of nitrogens with zero attached hydrogens (tertiary/aromatic N) is 5. The molecule has 0 radical (unpaired) electrons. The molecule has 1 aliphatic rings. The molecule has 0 spiro atoms. The average Bonchev–Trinajstić information content (AvgIpc) is 3.24. The highest BCUT2D eigenvalue weighted by molar-refractivity contribution is 7.98. The average molecular weight is 308 g/mol. The summed E-state index contributed by atoms with van der Waals surface area (Å²) in [4.78, 5) is 0. The summed E-state index contributed by atoms with van der Waals surface area (Å²) >= 11 is 1.36. The molecule has 9 heteroatoms. The van der Waals surface area contributed by atoms with Crippen LogP contribution in [0.5, 0.6) is 0 Å². The number of amidine groups is 1. The van der Waals surface area contributed by atoms with Gasteiger partial charge in [-0.25, -0.2) is 9.07 Å². The Hall–Kier alpha value is -2.16. The molecule has 7 nitrogen and oxygen atoms in total. The highest BCUT2D eigenvalue weighted by Crippen LogP contribution is 2.37. The molecular weight excluding hydrogens is 295 g/mol. The van der Waals surface area contributed by atoms with Crippen LogP contribution in [-0.4, -0.2) is 31.3 Å². The van der Waals surface area contributed by atoms with Gasteiger partial charge in [0.05, 0.1) is 11.6 Å². The fourth-order valence-corrected chi connectivity index (χ4v) is 2.83. The molecule has 1 aliphatic carbocycles. The minimum Gasteiger partial charge on any atom is -0.409 e. The van der Waals surface area contributed by atoms with E-state index in [9.17, 15) is 4.39 Å². The van der Waals surface area contributed by atoms with Crippen LogP contribution in [0.4, 0.5) is 4.39 Å². The molecule has 1 aromatic heterocycles. The van der Waals surface area contributed by atoms with Crippen LogP contribution in [-0.2, 0) is 5.75 Å². The second-order valence-electron chi connectivity index (χ2n) is 4.69. The second-order valence-corrected chi connectivity index (χ2v) is 5.63. The third kappa shape index (κ3) is 2.82. The van der Waals surface area contributed by atoms with Crippen LogP contribution in [0, 0.1) is 5.82 Å². The maximum Gasteiger partial charge on any atom is 0.209 e. The highest BCUT2D eigenvalue weighted by Gasteiger charge is 2.28. The molecule has 0 aliphatic heterocycles. The third-order valence-electron chi connectivity index (χ3n) is 3.17. The molecule has 0 bridgehead atoms. The van der Waals surface area contributed by atoms with E-state index in [1.165, 1.54) is 17.8 Å². The van der Waals surface area contributed by atoms with Crippen molar-refractivity contribution in [3.63, 3.8) is 0 Å². The predicted molar refractivity (Wildman–Crippen MR) is 74.6 cm³/mol. The number of nitrogens with two attached hydrogens (primary N) is 1. The van der Waals surface area contributed by atoms with Gasteiger partial charge < -0.3 is 10.9 Å². The number of thioether (sulfide) groups is 1. The number of hydrogen-bond acceptors (Lipinski definition) is 6. The number of aromatic nitrogens is 4. The van der Waals surface area contributed by atoms with Gasteiger partial charge in [-0.3, -0.25) is 0 Å². The molecule has 21 heavy (non-hydrogen) atoms. The highest BCUT2D eigenvalue weighted by atomic mass is 32.2. The van der Waals surface area contributed by atoms with Crippen molar-refractivity contribution in [1.82, 2.24) is 20.2 Å². The lowest BCUT2D eigenvalue weighted by molar-refractivity contribution is 0.318. The summed E-state index contributed by atoms with van der Waals surface area (Å²) in [6, 6.07) is 5.15. The van der Waals surface area contributed by atoms with Crippen molar-refractivity contribution in [1.29, 1.82) is 0 Å². The van der Waals surface area contributed by atoms with Gasteiger partial charge in [-0.05, 0) is 34.9 Å². The summed E-state index contributed by atoms with van der Waals surface area (Å²) in [6.45, 7) is 0. The maximum absolute atomic E-state index is 14.3. The van der Waals surface area contributed by atoms with Gasteiger partial charge in [-0.15, -0.1) is 5.10 Å². The van der Waals surface area contributed by atoms with E-state index in [-0.39, 0.29) is 11.4 Å². The Balaban J connectivity index is 1.77. The number of rotatable bonds is 5. The number of benzene rings is 1. The largest absolute Gasteiger partial charge is 0.409 e. The van der Waals surface area contributed by atoms with Crippen molar-refractivity contribution in [2.45, 2.75) is 29.8 Å². The topological polar surface area (TPSA) is 102 Å². The lowest BCUT2D eigenvalue weighted by Crippen LogP contribution is -2.15. The lowest BCUT2D eigenvalue weighted by atomic mass is 10.1. The molecule has 3 rings (SSSR count). The summed E-state index contributed by atoms with van der Waals surface area (Å²) in [7, 11) is 0. The minimum absolute atomic E-state index is 0.0809. The van der Waals surface area contributed by atoms with E-state index in [1.54, 1.807) is 16.8 Å². The zero-order valence-electron chi connectivity index (χ0n) is 11.0. The monoisotopic (exact) mass is 308 g/mol. The van der Waals surface area contributed by atoms with Crippen LogP contribution in [0.25, 0.3) is 0 Å². The first-order chi connectivity index (χ1) is 10.2. The standard InChI is InChI=1S/C12H13FN6OS/c13-10-7(2-1-3-9(10)11(14)16-20)6-21-12-15-17-18-19(12)8-4-5-8/h1-3,8,20H,4-6H2,(H2,14,16). The van der Waals surface area contributed by atoms with Gasteiger partial charge in [0.2, 0.25) is 5.16 Å². The van der Waals surface area contributed by atoms with Crippen LogP contribution in [0.1, 0.15) is 30.0 Å². The van der Waals surface area contributed by atoms with Crippen molar-refractivity contribution >= 4 is 17.6 Å². The van der Waals surface area contributed by atoms with Gasteiger partial charge in [0.1, 0.15) is 5.82 Å². The summed E-state index contributed by atoms with van der Waals surface area (Å²) in [5.41, 5.74) is 5.98. The third-order valence-corrected chi connectivity index (χ3v) is 4.16. The zero-order chi connectivity index (χ0) is 14.8. The van der Waals surface area contributed by atoms with Crippen molar-refractivity contribution in [2.24, 2.45) is 10.9 Å². The van der Waals surface area contributed by atoms with Crippen molar-refractivity contribution in [3.05, 3.63) is 35.1 Å². The predicted octanol–water partition coefficient (Wildman–Crippen LogP) is 1.53. The molecular formula is C12H13FN6OS. The first-order valence-electron chi connectivity index (χ1n) is 6.36. The quantitative estimate of drug-likeness (QED) is 0.285. The van der Waals surface area contributed by atoms with Crippen molar-refractivity contribution in [3.8, 4) is 0 Å². The maximum atomic E-state index is 14.3. The van der Waals surface area contributed by atoms with E-state index in [0.29, 0.717) is 22.5 Å². The number of tetrazole rings is 1. The van der Waals surface area contributed by atoms with Crippen LogP contribution in [0.3, 0.4) is 0 Å². The summed E-state index contributed by atoms with van der Waals surface area (Å²) < 4.78 is 16.0. The summed E-state index contributed by atoms with van der Waals surface area (Å²) in [6.07, 6.45) is 2.15. The number of hydrogen-bond donors (Lipinski definition) is 2. The van der Waals surface area contributed by atoms with E-state index in [4.69, 9.17) is 10.9 Å². The zero-order valence-corrected chi connectivity index (χ0v) is 11.8. The Labute approximate surface area is 124 Å². The second kappa shape index (κ2) is 5.68. The molecule has 0 amide bonds. The lowest BCUT2D eigenvalue weighted by Gasteiger charge is -2.07. The summed E-state index contributed by atoms with van der Waals surface area (Å²) in [5, 5.41) is 23.7. The fraction of sp³-hybridized carbons (Fsp3) is 0.333. The SMILES string of the molecule is N/C(=N/O)c1cccc(CSc2nnnn2C2CC2)c1F. The minimum atomic E-state index is -0.495. The smallest absolute Gasteiger partial charge is 0.209 e. The molecule has 1 heterocycles. The van der Waals surface area contributed by atoms with Crippen molar-refractivity contribution in [2.75, 3.05) is 0 Å². The Morgan fingerprint density at radius 2 is 2.33 bits per heavy atom. The van der Waals surface area contributed by atoms with Crippen molar-refractivity contribution < 1.29 is 9.60 Å². The van der Waals surface area contributed by atoms with Gasteiger partial charge in [-0.2, -0.15) is 0 Å². The Morgan fingerprint density at radius 1 is 1.52 bits per heavy atom. The van der Waals surface area contributed by atoms with Gasteiger partial charge in [0, 0.05) is 5.75 Å². The molecule has 3 N–H and O–H groups in total. The van der Waals surface area contributed by atoms with Gasteiger partial charge >= 0.3 is 0 Å². The van der Waals surface area contributed by atoms with E-state index in [1.807, 2.05) is 0 Å². The molecule has 110 valence electrons. The van der Waals surface area contributed by atoms with E-state index < -0.39 is 5.82 Å². The molecule has 0 atom stereocenters. The summed E-state index contributed by atoms with van der Waals surface area (Å²) in [5.74, 6) is -0.376. The van der Waals surface area contributed by atoms with Gasteiger partial charge in [0.25, 0.3) is 0 Å². The van der Waals surface area contributed by atoms with Gasteiger partial charge in [-0.1, -0.05) is 29.1 Å². The van der Waals surface area contributed by atoms with E-state index in [2.05, 4.69) is 20.7 Å². The molecule has 2 aromatic rings. The van der Waals surface area contributed by atoms with Gasteiger partial charge in [0.15, 0.2) is 5.84 Å². The van der Waals surface area contributed by atoms with Crippen LogP contribution in [0.15, 0.2) is 28.5 Å². The molecule has 1 aromatic carbocycles. The fourth-order valence-electron chi connectivity index (χ4n) is 1.91. The van der Waals surface area contributed by atoms with E-state index in [0.717, 1.165) is 12.8 Å².